The molecule has 0 amide bonds. The molecule has 0 saturated carbocycles. The van der Waals surface area contributed by atoms with E-state index >= 15 is 0 Å². The fraction of sp³-hybridized carbons (Fsp3) is 0.759. The Morgan fingerprint density at radius 1 is 0.824 bits per heavy atom. The lowest BCUT2D eigenvalue weighted by Crippen LogP contribution is -2.16. The maximum atomic E-state index is 12.1. The highest BCUT2D eigenvalue weighted by molar-refractivity contribution is 5.69. The number of ether oxygens (including phenoxy) is 3. The van der Waals surface area contributed by atoms with Crippen LogP contribution in [0.2, 0.25) is 0 Å². The summed E-state index contributed by atoms with van der Waals surface area (Å²) in [4.78, 5) is 12.1. The van der Waals surface area contributed by atoms with Gasteiger partial charge in [0.25, 0.3) is 0 Å². The standard InChI is InChI=1S/C29H51NO4/c1-6-11-14-24(8-3)21-32-27-18-26(23-34-29(31)16-13-17-30-10-5)19-28(20-27)33-22-25(9-4)15-12-7-2/h18-20,24-25,30H,6-17,21-23H2,1-5H3. The van der Waals surface area contributed by atoms with Gasteiger partial charge in [-0.1, -0.05) is 73.1 Å². The van der Waals surface area contributed by atoms with Crippen LogP contribution in [0.1, 0.15) is 104 Å². The number of rotatable bonds is 21. The number of esters is 1. The Hall–Kier alpha value is -1.75. The number of carbonyl (C=O) groups is 1. The molecular formula is C29H51NO4. The van der Waals surface area contributed by atoms with E-state index in [9.17, 15) is 4.79 Å². The Labute approximate surface area is 209 Å². The summed E-state index contributed by atoms with van der Waals surface area (Å²) in [7, 11) is 0. The van der Waals surface area contributed by atoms with Gasteiger partial charge in [0.2, 0.25) is 0 Å². The molecular weight excluding hydrogens is 426 g/mol. The van der Waals surface area contributed by atoms with Crippen LogP contribution in [0.15, 0.2) is 18.2 Å². The van der Waals surface area contributed by atoms with Crippen LogP contribution >= 0.6 is 0 Å². The zero-order valence-electron chi connectivity index (χ0n) is 22.6. The molecule has 0 aliphatic heterocycles. The Bertz CT molecular complexity index is 611. The third kappa shape index (κ3) is 13.8. The van der Waals surface area contributed by atoms with Crippen molar-refractivity contribution in [3.8, 4) is 11.5 Å². The van der Waals surface area contributed by atoms with Crippen molar-refractivity contribution < 1.29 is 19.0 Å². The SMILES string of the molecule is CCCCC(CC)COc1cc(COC(=O)CCCNCC)cc(OCC(CC)CCCC)c1. The number of unbranched alkanes of at least 4 members (excludes halogenated alkanes) is 2. The first kappa shape index (κ1) is 30.3. The third-order valence-electron chi connectivity index (χ3n) is 6.38. The van der Waals surface area contributed by atoms with Crippen LogP contribution < -0.4 is 14.8 Å². The van der Waals surface area contributed by atoms with E-state index in [2.05, 4.69) is 39.9 Å². The zero-order valence-corrected chi connectivity index (χ0v) is 22.6. The van der Waals surface area contributed by atoms with Crippen LogP contribution in [0.3, 0.4) is 0 Å². The van der Waals surface area contributed by atoms with Crippen molar-refractivity contribution in [3.05, 3.63) is 23.8 Å². The highest BCUT2D eigenvalue weighted by atomic mass is 16.5. The summed E-state index contributed by atoms with van der Waals surface area (Å²) in [6, 6.07) is 5.96. The first-order chi connectivity index (χ1) is 16.6. The predicted molar refractivity (Wildman–Crippen MR) is 142 cm³/mol. The molecule has 0 spiro atoms. The lowest BCUT2D eigenvalue weighted by atomic mass is 10.0. The highest BCUT2D eigenvalue weighted by Crippen LogP contribution is 2.26. The number of hydrogen-bond donors (Lipinski definition) is 1. The molecule has 34 heavy (non-hydrogen) atoms. The van der Waals surface area contributed by atoms with Crippen molar-refractivity contribution in [1.29, 1.82) is 0 Å². The second kappa shape index (κ2) is 19.5. The molecule has 0 aromatic heterocycles. The molecule has 5 nitrogen and oxygen atoms in total. The van der Waals surface area contributed by atoms with E-state index in [0.717, 1.165) is 49.4 Å². The van der Waals surface area contributed by atoms with Crippen molar-refractivity contribution in [1.82, 2.24) is 5.32 Å². The maximum Gasteiger partial charge on any atom is 0.306 e. The molecule has 0 aliphatic rings. The second-order valence-electron chi connectivity index (χ2n) is 9.39. The van der Waals surface area contributed by atoms with Crippen LogP contribution in [0.5, 0.6) is 11.5 Å². The molecule has 0 fully saturated rings. The van der Waals surface area contributed by atoms with E-state index in [1.165, 1.54) is 38.5 Å². The molecule has 0 bridgehead atoms. The fourth-order valence-corrected chi connectivity index (χ4v) is 3.88. The summed E-state index contributed by atoms with van der Waals surface area (Å²) < 4.78 is 18.0. The lowest BCUT2D eigenvalue weighted by Gasteiger charge is -2.19. The molecule has 1 rings (SSSR count). The third-order valence-corrected chi connectivity index (χ3v) is 6.38. The van der Waals surface area contributed by atoms with Gasteiger partial charge in [-0.3, -0.25) is 4.79 Å². The van der Waals surface area contributed by atoms with Gasteiger partial charge in [-0.15, -0.1) is 0 Å². The summed E-state index contributed by atoms with van der Waals surface area (Å²) in [5.41, 5.74) is 0.913. The quantitative estimate of drug-likeness (QED) is 0.149. The van der Waals surface area contributed by atoms with Crippen LogP contribution in [-0.4, -0.2) is 32.3 Å². The van der Waals surface area contributed by atoms with E-state index in [0.29, 0.717) is 31.5 Å². The fourth-order valence-electron chi connectivity index (χ4n) is 3.88. The molecule has 2 unspecified atom stereocenters. The van der Waals surface area contributed by atoms with E-state index in [1.807, 2.05) is 18.2 Å². The minimum atomic E-state index is -0.164. The summed E-state index contributed by atoms with van der Waals surface area (Å²) in [5, 5.41) is 3.23. The monoisotopic (exact) mass is 477 g/mol. The molecule has 2 atom stereocenters. The molecule has 196 valence electrons. The maximum absolute atomic E-state index is 12.1. The van der Waals surface area contributed by atoms with E-state index < -0.39 is 0 Å². The van der Waals surface area contributed by atoms with Gasteiger partial charge < -0.3 is 19.5 Å². The van der Waals surface area contributed by atoms with Crippen LogP contribution in [0, 0.1) is 11.8 Å². The van der Waals surface area contributed by atoms with E-state index in [4.69, 9.17) is 14.2 Å². The average Bonchev–Trinajstić information content (AvgIpc) is 2.85. The summed E-state index contributed by atoms with van der Waals surface area (Å²) >= 11 is 0. The Morgan fingerprint density at radius 2 is 1.38 bits per heavy atom. The van der Waals surface area contributed by atoms with Crippen LogP contribution in [-0.2, 0) is 16.1 Å². The second-order valence-corrected chi connectivity index (χ2v) is 9.39. The lowest BCUT2D eigenvalue weighted by molar-refractivity contribution is -0.145. The van der Waals surface area contributed by atoms with Crippen molar-refractivity contribution in [2.24, 2.45) is 11.8 Å². The normalized spacial score (nSPS) is 12.9. The van der Waals surface area contributed by atoms with E-state index in [-0.39, 0.29) is 12.6 Å². The minimum Gasteiger partial charge on any atom is -0.493 e. The number of benzene rings is 1. The largest absolute Gasteiger partial charge is 0.493 e. The van der Waals surface area contributed by atoms with Gasteiger partial charge in [0, 0.05) is 12.5 Å². The number of hydrogen-bond acceptors (Lipinski definition) is 5. The summed E-state index contributed by atoms with van der Waals surface area (Å²) in [5.74, 6) is 2.55. The Morgan fingerprint density at radius 3 is 1.85 bits per heavy atom. The van der Waals surface area contributed by atoms with Crippen molar-refractivity contribution >= 4 is 5.97 Å². The first-order valence-corrected chi connectivity index (χ1v) is 13.8. The van der Waals surface area contributed by atoms with Crippen molar-refractivity contribution in [2.75, 3.05) is 26.3 Å². The molecule has 5 heteroatoms. The first-order valence-electron chi connectivity index (χ1n) is 13.8. The molecule has 0 heterocycles. The minimum absolute atomic E-state index is 0.164. The molecule has 1 N–H and O–H groups in total. The molecule has 1 aromatic carbocycles. The van der Waals surface area contributed by atoms with Crippen LogP contribution in [0.25, 0.3) is 0 Å². The van der Waals surface area contributed by atoms with E-state index in [1.54, 1.807) is 0 Å². The number of carbonyl (C=O) groups excluding carboxylic acids is 1. The van der Waals surface area contributed by atoms with Gasteiger partial charge in [-0.2, -0.15) is 0 Å². The molecule has 0 radical (unpaired) electrons. The van der Waals surface area contributed by atoms with Crippen LogP contribution in [0.4, 0.5) is 0 Å². The summed E-state index contributed by atoms with van der Waals surface area (Å²) in [6.45, 7) is 14.4. The Kier molecular flexibility index (Phi) is 17.4. The molecule has 0 saturated heterocycles. The smallest absolute Gasteiger partial charge is 0.306 e. The van der Waals surface area contributed by atoms with Gasteiger partial charge in [0.05, 0.1) is 13.2 Å². The topological polar surface area (TPSA) is 56.8 Å². The Balaban J connectivity index is 2.79. The van der Waals surface area contributed by atoms with Gasteiger partial charge >= 0.3 is 5.97 Å². The number of nitrogens with one attached hydrogen (secondary N) is 1. The molecule has 1 aromatic rings. The molecule has 0 aliphatic carbocycles. The van der Waals surface area contributed by atoms with Gasteiger partial charge in [-0.25, -0.2) is 0 Å². The van der Waals surface area contributed by atoms with Gasteiger partial charge in [0.1, 0.15) is 18.1 Å². The summed E-state index contributed by atoms with van der Waals surface area (Å²) in [6.07, 6.45) is 10.7. The van der Waals surface area contributed by atoms with Crippen molar-refractivity contribution in [3.63, 3.8) is 0 Å². The van der Waals surface area contributed by atoms with Gasteiger partial charge in [-0.05, 0) is 61.9 Å². The van der Waals surface area contributed by atoms with Gasteiger partial charge in [0.15, 0.2) is 0 Å². The average molecular weight is 478 g/mol. The predicted octanol–water partition coefficient (Wildman–Crippen LogP) is 7.31. The van der Waals surface area contributed by atoms with Crippen molar-refractivity contribution in [2.45, 2.75) is 105 Å². The zero-order chi connectivity index (χ0) is 25.0. The highest BCUT2D eigenvalue weighted by Gasteiger charge is 2.12.